The van der Waals surface area contributed by atoms with Crippen molar-refractivity contribution in [3.8, 4) is 0 Å². The van der Waals surface area contributed by atoms with Gasteiger partial charge in [0.15, 0.2) is 0 Å². The van der Waals surface area contributed by atoms with Crippen LogP contribution in [0, 0.1) is 17.0 Å². The summed E-state index contributed by atoms with van der Waals surface area (Å²) in [6, 6.07) is 16.3. The van der Waals surface area contributed by atoms with E-state index in [-0.39, 0.29) is 11.3 Å². The van der Waals surface area contributed by atoms with Gasteiger partial charge < -0.3 is 5.32 Å². The van der Waals surface area contributed by atoms with Gasteiger partial charge in [-0.1, -0.05) is 48.5 Å². The van der Waals surface area contributed by atoms with Crippen LogP contribution in [0.25, 0.3) is 10.8 Å². The minimum absolute atomic E-state index is 0.165. The summed E-state index contributed by atoms with van der Waals surface area (Å²) >= 11 is 0. The molecule has 3 rings (SSSR count). The minimum Gasteiger partial charge on any atom is -0.343 e. The van der Waals surface area contributed by atoms with Gasteiger partial charge in [-0.2, -0.15) is 0 Å². The predicted octanol–water partition coefficient (Wildman–Crippen LogP) is 4.50. The van der Waals surface area contributed by atoms with Gasteiger partial charge in [-0.25, -0.2) is 4.39 Å². The molecule has 1 N–H and O–H groups in total. The molecule has 0 aliphatic carbocycles. The van der Waals surface area contributed by atoms with Crippen LogP contribution in [-0.4, -0.2) is 17.5 Å². The largest absolute Gasteiger partial charge is 0.343 e. The Hall–Kier alpha value is -3.28. The first-order chi connectivity index (χ1) is 12.5. The number of carbonyl (C=O) groups is 1. The van der Waals surface area contributed by atoms with Gasteiger partial charge in [0, 0.05) is 17.7 Å². The number of fused-ring (bicyclic) bond motifs is 1. The van der Waals surface area contributed by atoms with Crippen LogP contribution in [-0.2, 0) is 0 Å². The molecule has 0 bridgehead atoms. The quantitative estimate of drug-likeness (QED) is 0.543. The van der Waals surface area contributed by atoms with E-state index in [9.17, 15) is 19.3 Å². The summed E-state index contributed by atoms with van der Waals surface area (Å²) in [5.41, 5.74) is 1.24. The smallest absolute Gasteiger partial charge is 0.270 e. The third kappa shape index (κ3) is 3.39. The monoisotopic (exact) mass is 352 g/mol. The number of alkyl halides is 1. The lowest BCUT2D eigenvalue weighted by Crippen LogP contribution is -2.30. The molecule has 0 spiro atoms. The van der Waals surface area contributed by atoms with Crippen molar-refractivity contribution < 1.29 is 14.1 Å². The average molecular weight is 352 g/mol. The van der Waals surface area contributed by atoms with Crippen molar-refractivity contribution in [2.45, 2.75) is 13.0 Å². The van der Waals surface area contributed by atoms with Crippen molar-refractivity contribution in [1.29, 1.82) is 0 Å². The zero-order chi connectivity index (χ0) is 18.7. The number of benzene rings is 3. The fraction of sp³-hybridized carbons (Fsp3) is 0.150. The van der Waals surface area contributed by atoms with E-state index in [2.05, 4.69) is 5.32 Å². The van der Waals surface area contributed by atoms with Crippen LogP contribution in [0.1, 0.15) is 27.5 Å². The molecule has 0 aromatic heterocycles. The number of non-ortho nitro benzene ring substituents is 1. The molecule has 3 aromatic rings. The Morgan fingerprint density at radius 1 is 1.15 bits per heavy atom. The molecular formula is C20H17FN2O3. The maximum Gasteiger partial charge on any atom is 0.270 e. The number of hydrogen-bond donors (Lipinski definition) is 1. The molecule has 26 heavy (non-hydrogen) atoms. The maximum atomic E-state index is 13.7. The van der Waals surface area contributed by atoms with Gasteiger partial charge in [0.25, 0.3) is 11.6 Å². The molecule has 1 atom stereocenters. The number of carbonyl (C=O) groups excluding carboxylic acids is 1. The number of aryl methyl sites for hydroxylation is 1. The number of hydrogen-bond acceptors (Lipinski definition) is 3. The second-order valence-corrected chi connectivity index (χ2v) is 6.01. The van der Waals surface area contributed by atoms with E-state index in [4.69, 9.17) is 0 Å². The molecule has 0 aliphatic rings. The van der Waals surface area contributed by atoms with Crippen molar-refractivity contribution in [3.05, 3.63) is 87.5 Å². The van der Waals surface area contributed by atoms with Gasteiger partial charge in [0.2, 0.25) is 0 Å². The summed E-state index contributed by atoms with van der Waals surface area (Å²) in [7, 11) is 0. The molecule has 0 heterocycles. The molecule has 132 valence electrons. The lowest BCUT2D eigenvalue weighted by Gasteiger charge is -2.18. The highest BCUT2D eigenvalue weighted by molar-refractivity contribution is 5.97. The lowest BCUT2D eigenvalue weighted by atomic mass is 9.98. The molecule has 1 amide bonds. The van der Waals surface area contributed by atoms with E-state index in [0.29, 0.717) is 11.1 Å². The third-order valence-corrected chi connectivity index (χ3v) is 4.34. The second-order valence-electron chi connectivity index (χ2n) is 6.01. The fourth-order valence-electron chi connectivity index (χ4n) is 2.96. The van der Waals surface area contributed by atoms with Gasteiger partial charge in [-0.05, 0) is 28.8 Å². The normalized spacial score (nSPS) is 11.9. The van der Waals surface area contributed by atoms with Crippen LogP contribution in [0.4, 0.5) is 10.1 Å². The van der Waals surface area contributed by atoms with E-state index in [1.165, 1.54) is 18.2 Å². The van der Waals surface area contributed by atoms with Crippen LogP contribution in [0.3, 0.4) is 0 Å². The van der Waals surface area contributed by atoms with Gasteiger partial charge >= 0.3 is 0 Å². The Kier molecular flexibility index (Phi) is 4.93. The van der Waals surface area contributed by atoms with Gasteiger partial charge in [0.1, 0.15) is 6.67 Å². The number of nitro groups is 1. The summed E-state index contributed by atoms with van der Waals surface area (Å²) in [4.78, 5) is 23.0. The SMILES string of the molecule is Cc1ccc([N+](=O)[O-])cc1C(=O)NC(CF)c1cccc2ccccc12. The highest BCUT2D eigenvalue weighted by Crippen LogP contribution is 2.26. The number of halogens is 1. The van der Waals surface area contributed by atoms with Gasteiger partial charge in [-0.3, -0.25) is 14.9 Å². The van der Waals surface area contributed by atoms with Crippen molar-refractivity contribution in [2.24, 2.45) is 0 Å². The average Bonchev–Trinajstić information content (AvgIpc) is 2.65. The Balaban J connectivity index is 1.94. The summed E-state index contributed by atoms with van der Waals surface area (Å²) in [5.74, 6) is -0.540. The molecule has 6 heteroatoms. The molecule has 0 aliphatic heterocycles. The van der Waals surface area contributed by atoms with Gasteiger partial charge in [0.05, 0.1) is 11.0 Å². The van der Waals surface area contributed by atoms with E-state index in [1.54, 1.807) is 13.0 Å². The van der Waals surface area contributed by atoms with Crippen LogP contribution >= 0.6 is 0 Å². The van der Waals surface area contributed by atoms with E-state index < -0.39 is 23.5 Å². The highest BCUT2D eigenvalue weighted by atomic mass is 19.1. The lowest BCUT2D eigenvalue weighted by molar-refractivity contribution is -0.384. The summed E-state index contributed by atoms with van der Waals surface area (Å²) in [6.07, 6.45) is 0. The Bertz CT molecular complexity index is 982. The topological polar surface area (TPSA) is 72.2 Å². The molecule has 0 fully saturated rings. The van der Waals surface area contributed by atoms with Crippen molar-refractivity contribution in [3.63, 3.8) is 0 Å². The number of nitrogens with one attached hydrogen (secondary N) is 1. The number of nitrogens with zero attached hydrogens (tertiary/aromatic N) is 1. The van der Waals surface area contributed by atoms with Crippen LogP contribution in [0.5, 0.6) is 0 Å². The molecule has 5 nitrogen and oxygen atoms in total. The summed E-state index contributed by atoms with van der Waals surface area (Å²) < 4.78 is 13.7. The first kappa shape index (κ1) is 17.5. The molecular weight excluding hydrogens is 335 g/mol. The summed E-state index contributed by atoms with van der Waals surface area (Å²) in [5, 5.41) is 15.4. The van der Waals surface area contributed by atoms with E-state index >= 15 is 0 Å². The van der Waals surface area contributed by atoms with E-state index in [0.717, 1.165) is 10.8 Å². The minimum atomic E-state index is -0.840. The highest BCUT2D eigenvalue weighted by Gasteiger charge is 2.20. The molecule has 0 saturated heterocycles. The van der Waals surface area contributed by atoms with Crippen LogP contribution in [0.2, 0.25) is 0 Å². The van der Waals surface area contributed by atoms with Crippen LogP contribution in [0.15, 0.2) is 60.7 Å². The Morgan fingerprint density at radius 3 is 2.62 bits per heavy atom. The van der Waals surface area contributed by atoms with Crippen LogP contribution < -0.4 is 5.32 Å². The standard InChI is InChI=1S/C20H17FN2O3/c1-13-9-10-15(23(25)26)11-18(13)20(24)22-19(12-21)17-8-4-6-14-5-2-3-7-16(14)17/h2-11,19H,12H2,1H3,(H,22,24). The number of rotatable bonds is 5. The van der Waals surface area contributed by atoms with E-state index in [1.807, 2.05) is 36.4 Å². The molecule has 0 saturated carbocycles. The zero-order valence-electron chi connectivity index (χ0n) is 14.1. The molecule has 3 aromatic carbocycles. The maximum absolute atomic E-state index is 13.7. The van der Waals surface area contributed by atoms with Gasteiger partial charge in [-0.15, -0.1) is 0 Å². The Labute approximate surface area is 149 Å². The fourth-order valence-corrected chi connectivity index (χ4v) is 2.96. The number of amides is 1. The molecule has 0 radical (unpaired) electrons. The zero-order valence-corrected chi connectivity index (χ0v) is 14.1. The van der Waals surface area contributed by atoms with Crippen molar-refractivity contribution in [1.82, 2.24) is 5.32 Å². The van der Waals surface area contributed by atoms with Crippen molar-refractivity contribution >= 4 is 22.4 Å². The predicted molar refractivity (Wildman–Crippen MR) is 98.0 cm³/mol. The Morgan fingerprint density at radius 2 is 1.88 bits per heavy atom. The molecule has 1 unspecified atom stereocenters. The first-order valence-corrected chi connectivity index (χ1v) is 8.11. The first-order valence-electron chi connectivity index (χ1n) is 8.11. The van der Waals surface area contributed by atoms with Crippen molar-refractivity contribution in [2.75, 3.05) is 6.67 Å². The third-order valence-electron chi connectivity index (χ3n) is 4.34. The second kappa shape index (κ2) is 7.31. The summed E-state index contributed by atoms with van der Waals surface area (Å²) in [6.45, 7) is 0.898. The number of nitro benzene ring substituents is 1.